The molecule has 6 nitrogen and oxygen atoms in total. The molecule has 0 aliphatic rings. The lowest BCUT2D eigenvalue weighted by molar-refractivity contribution is -0.116. The molecular formula is C13H18N4O2S. The molecule has 0 saturated heterocycles. The molecule has 0 aliphatic heterocycles. The van der Waals surface area contributed by atoms with Crippen LogP contribution in [-0.4, -0.2) is 21.0 Å². The van der Waals surface area contributed by atoms with Crippen LogP contribution >= 0.6 is 11.3 Å². The minimum Gasteiger partial charge on any atom is -0.339 e. The largest absolute Gasteiger partial charge is 0.339 e. The summed E-state index contributed by atoms with van der Waals surface area (Å²) in [5, 5.41) is 9.18. The molecule has 0 unspecified atom stereocenters. The summed E-state index contributed by atoms with van der Waals surface area (Å²) in [6, 6.07) is 0. The molecule has 0 bridgehead atoms. The Labute approximate surface area is 121 Å². The van der Waals surface area contributed by atoms with Crippen molar-refractivity contribution in [3.63, 3.8) is 0 Å². The number of rotatable bonds is 4. The summed E-state index contributed by atoms with van der Waals surface area (Å²) in [7, 11) is 0. The number of carbonyl (C=O) groups excluding carboxylic acids is 1. The molecule has 2 aromatic heterocycles. The number of hydrogen-bond acceptors (Lipinski definition) is 6. The molecule has 0 fully saturated rings. The van der Waals surface area contributed by atoms with E-state index in [-0.39, 0.29) is 11.3 Å². The van der Waals surface area contributed by atoms with Crippen molar-refractivity contribution >= 4 is 22.4 Å². The first-order chi connectivity index (χ1) is 9.34. The average molecular weight is 294 g/mol. The predicted molar refractivity (Wildman–Crippen MR) is 76.8 cm³/mol. The number of anilines is 1. The van der Waals surface area contributed by atoms with Crippen molar-refractivity contribution in [2.24, 2.45) is 0 Å². The van der Waals surface area contributed by atoms with Gasteiger partial charge in [-0.25, -0.2) is 4.98 Å². The summed E-state index contributed by atoms with van der Waals surface area (Å²) < 4.78 is 5.14. The van der Waals surface area contributed by atoms with E-state index in [1.165, 1.54) is 11.3 Å². The van der Waals surface area contributed by atoms with Gasteiger partial charge in [0.05, 0.1) is 5.69 Å². The second-order valence-corrected chi connectivity index (χ2v) is 6.46. The van der Waals surface area contributed by atoms with Gasteiger partial charge >= 0.3 is 0 Å². The van der Waals surface area contributed by atoms with Crippen LogP contribution in [0.25, 0.3) is 0 Å². The smallest absolute Gasteiger partial charge is 0.227 e. The topological polar surface area (TPSA) is 80.9 Å². The van der Waals surface area contributed by atoms with Crippen LogP contribution in [0.3, 0.4) is 0 Å². The van der Waals surface area contributed by atoms with Gasteiger partial charge in [-0.3, -0.25) is 4.79 Å². The Morgan fingerprint density at radius 3 is 2.70 bits per heavy atom. The predicted octanol–water partition coefficient (Wildman–Crippen LogP) is 2.70. The second kappa shape index (κ2) is 5.70. The normalized spacial score (nSPS) is 11.6. The number of nitrogens with zero attached hydrogens (tertiary/aromatic N) is 3. The number of carbonyl (C=O) groups is 1. The highest BCUT2D eigenvalue weighted by atomic mass is 32.1. The van der Waals surface area contributed by atoms with Crippen molar-refractivity contribution < 1.29 is 9.32 Å². The Morgan fingerprint density at radius 2 is 2.15 bits per heavy atom. The number of aryl methyl sites for hydroxylation is 2. The Balaban J connectivity index is 1.86. The Bertz CT molecular complexity index is 598. The first-order valence-corrected chi connectivity index (χ1v) is 7.27. The maximum atomic E-state index is 11.8. The van der Waals surface area contributed by atoms with Crippen molar-refractivity contribution in [1.29, 1.82) is 0 Å². The zero-order valence-electron chi connectivity index (χ0n) is 12.1. The minimum atomic E-state index is -0.150. The second-order valence-electron chi connectivity index (χ2n) is 5.60. The van der Waals surface area contributed by atoms with Gasteiger partial charge in [-0.1, -0.05) is 25.9 Å². The standard InChI is InChI=1S/C13H18N4O2S/c1-8-7-20-12(14-8)15-9(18)5-6-10-16-11(17-19-10)13(2,3)4/h7H,5-6H2,1-4H3,(H,14,15,18). The van der Waals surface area contributed by atoms with Gasteiger partial charge in [-0.2, -0.15) is 4.98 Å². The summed E-state index contributed by atoms with van der Waals surface area (Å²) in [6.07, 6.45) is 0.726. The molecule has 2 heterocycles. The van der Waals surface area contributed by atoms with Gasteiger partial charge in [-0.05, 0) is 6.92 Å². The highest BCUT2D eigenvalue weighted by Gasteiger charge is 2.21. The van der Waals surface area contributed by atoms with E-state index >= 15 is 0 Å². The summed E-state index contributed by atoms with van der Waals surface area (Å²) in [5.41, 5.74) is 0.750. The molecule has 0 atom stereocenters. The molecule has 2 rings (SSSR count). The van der Waals surface area contributed by atoms with Crippen LogP contribution < -0.4 is 5.32 Å². The van der Waals surface area contributed by atoms with E-state index in [0.29, 0.717) is 29.7 Å². The molecular weight excluding hydrogens is 276 g/mol. The Hall–Kier alpha value is -1.76. The molecule has 20 heavy (non-hydrogen) atoms. The van der Waals surface area contributed by atoms with Crippen LogP contribution in [0.4, 0.5) is 5.13 Å². The van der Waals surface area contributed by atoms with Crippen LogP contribution in [0.5, 0.6) is 0 Å². The Morgan fingerprint density at radius 1 is 1.40 bits per heavy atom. The first-order valence-electron chi connectivity index (χ1n) is 6.39. The fourth-order valence-corrected chi connectivity index (χ4v) is 2.18. The molecule has 7 heteroatoms. The lowest BCUT2D eigenvalue weighted by atomic mass is 9.96. The molecule has 2 aromatic rings. The van der Waals surface area contributed by atoms with Gasteiger partial charge in [0.2, 0.25) is 11.8 Å². The minimum absolute atomic E-state index is 0.102. The van der Waals surface area contributed by atoms with E-state index in [9.17, 15) is 4.79 Å². The third-order valence-corrected chi connectivity index (χ3v) is 3.45. The zero-order chi connectivity index (χ0) is 14.8. The van der Waals surface area contributed by atoms with Crippen LogP contribution in [0.15, 0.2) is 9.90 Å². The van der Waals surface area contributed by atoms with Crippen molar-refractivity contribution in [2.75, 3.05) is 5.32 Å². The number of nitrogens with one attached hydrogen (secondary N) is 1. The maximum absolute atomic E-state index is 11.8. The highest BCUT2D eigenvalue weighted by molar-refractivity contribution is 7.13. The number of hydrogen-bond donors (Lipinski definition) is 1. The summed E-state index contributed by atoms with van der Waals surface area (Å²) in [5.74, 6) is 1.04. The average Bonchev–Trinajstić information content (AvgIpc) is 2.95. The summed E-state index contributed by atoms with van der Waals surface area (Å²) in [4.78, 5) is 20.2. The van der Waals surface area contributed by atoms with Crippen LogP contribution in [0.1, 0.15) is 44.6 Å². The third kappa shape index (κ3) is 3.86. The number of aromatic nitrogens is 3. The van der Waals surface area contributed by atoms with Gasteiger partial charge < -0.3 is 9.84 Å². The fraction of sp³-hybridized carbons (Fsp3) is 0.538. The molecule has 0 aromatic carbocycles. The van der Waals surface area contributed by atoms with Crippen LogP contribution in [0, 0.1) is 6.92 Å². The van der Waals surface area contributed by atoms with E-state index in [2.05, 4.69) is 20.4 Å². The molecule has 0 radical (unpaired) electrons. The quantitative estimate of drug-likeness (QED) is 0.937. The Kier molecular flexibility index (Phi) is 4.17. The SMILES string of the molecule is Cc1csc(NC(=O)CCc2nc(C(C)(C)C)no2)n1. The molecule has 108 valence electrons. The van der Waals surface area contributed by atoms with Gasteiger partial charge in [0.1, 0.15) is 0 Å². The fourth-order valence-electron chi connectivity index (χ4n) is 1.47. The first kappa shape index (κ1) is 14.6. The number of thiazole rings is 1. The lowest BCUT2D eigenvalue weighted by Gasteiger charge is -2.10. The van der Waals surface area contributed by atoms with Crippen molar-refractivity contribution in [3.8, 4) is 0 Å². The van der Waals surface area contributed by atoms with Gasteiger partial charge in [-0.15, -0.1) is 11.3 Å². The van der Waals surface area contributed by atoms with E-state index < -0.39 is 0 Å². The maximum Gasteiger partial charge on any atom is 0.227 e. The van der Waals surface area contributed by atoms with Crippen LogP contribution in [-0.2, 0) is 16.6 Å². The molecule has 1 amide bonds. The van der Waals surface area contributed by atoms with E-state index in [0.717, 1.165) is 5.69 Å². The number of amides is 1. The van der Waals surface area contributed by atoms with Gasteiger partial charge in [0.15, 0.2) is 11.0 Å². The van der Waals surface area contributed by atoms with Gasteiger partial charge in [0.25, 0.3) is 0 Å². The van der Waals surface area contributed by atoms with Crippen molar-refractivity contribution in [3.05, 3.63) is 22.8 Å². The summed E-state index contributed by atoms with van der Waals surface area (Å²) in [6.45, 7) is 7.93. The van der Waals surface area contributed by atoms with Crippen LogP contribution in [0.2, 0.25) is 0 Å². The molecule has 0 aliphatic carbocycles. The van der Waals surface area contributed by atoms with E-state index in [1.54, 1.807) is 0 Å². The lowest BCUT2D eigenvalue weighted by Crippen LogP contribution is -2.14. The molecule has 1 N–H and O–H groups in total. The molecule has 0 spiro atoms. The highest BCUT2D eigenvalue weighted by Crippen LogP contribution is 2.19. The van der Waals surface area contributed by atoms with Crippen molar-refractivity contribution in [2.45, 2.75) is 46.0 Å². The monoisotopic (exact) mass is 294 g/mol. The van der Waals surface area contributed by atoms with E-state index in [1.807, 2.05) is 33.1 Å². The van der Waals surface area contributed by atoms with Gasteiger partial charge in [0, 0.05) is 23.6 Å². The zero-order valence-corrected chi connectivity index (χ0v) is 12.9. The van der Waals surface area contributed by atoms with E-state index in [4.69, 9.17) is 4.52 Å². The molecule has 0 saturated carbocycles. The van der Waals surface area contributed by atoms with Crippen molar-refractivity contribution in [1.82, 2.24) is 15.1 Å². The third-order valence-electron chi connectivity index (χ3n) is 2.57. The summed E-state index contributed by atoms with van der Waals surface area (Å²) >= 11 is 1.41.